The van der Waals surface area contributed by atoms with Gasteiger partial charge in [0.15, 0.2) is 18.1 Å². The largest absolute Gasteiger partial charge is 0.490 e. The molecule has 1 unspecified atom stereocenters. The highest BCUT2D eigenvalue weighted by Gasteiger charge is 2.23. The normalized spacial score (nSPS) is 15.8. The fraction of sp³-hybridized carbons (Fsp3) is 0.368. The van der Waals surface area contributed by atoms with Gasteiger partial charge in [-0.15, -0.1) is 11.3 Å². The van der Waals surface area contributed by atoms with Gasteiger partial charge in [0, 0.05) is 10.4 Å². The molecule has 0 aliphatic heterocycles. The number of nitrogens with one attached hydrogen (secondary N) is 1. The average molecular weight is 375 g/mol. The number of ether oxygens (including phenoxy) is 2. The predicted octanol–water partition coefficient (Wildman–Crippen LogP) is 3.42. The lowest BCUT2D eigenvalue weighted by atomic mass is 9.94. The second-order valence-corrected chi connectivity index (χ2v) is 7.00. The molecule has 1 aliphatic carbocycles. The summed E-state index contributed by atoms with van der Waals surface area (Å²) in [7, 11) is 0. The van der Waals surface area contributed by atoms with Crippen molar-refractivity contribution in [1.82, 2.24) is 5.32 Å². The SMILES string of the molecule is CCOc1cc(C(=O)NC2CCCc3sccc32)ccc1OCC(=O)O. The number of benzene rings is 1. The van der Waals surface area contributed by atoms with E-state index in [2.05, 4.69) is 16.8 Å². The lowest BCUT2D eigenvalue weighted by Crippen LogP contribution is -2.30. The molecule has 7 heteroatoms. The smallest absolute Gasteiger partial charge is 0.341 e. The highest BCUT2D eigenvalue weighted by atomic mass is 32.1. The van der Waals surface area contributed by atoms with Gasteiger partial charge in [-0.3, -0.25) is 4.79 Å². The molecule has 0 saturated carbocycles. The van der Waals surface area contributed by atoms with Crippen molar-refractivity contribution >= 4 is 23.2 Å². The predicted molar refractivity (Wildman–Crippen MR) is 98.2 cm³/mol. The molecule has 0 fully saturated rings. The van der Waals surface area contributed by atoms with Crippen LogP contribution in [0.2, 0.25) is 0 Å². The van der Waals surface area contributed by atoms with Gasteiger partial charge in [-0.2, -0.15) is 0 Å². The molecule has 26 heavy (non-hydrogen) atoms. The zero-order valence-corrected chi connectivity index (χ0v) is 15.3. The van der Waals surface area contributed by atoms with Gasteiger partial charge < -0.3 is 19.9 Å². The Morgan fingerprint density at radius 3 is 2.88 bits per heavy atom. The molecule has 6 nitrogen and oxygen atoms in total. The van der Waals surface area contributed by atoms with E-state index < -0.39 is 12.6 Å². The summed E-state index contributed by atoms with van der Waals surface area (Å²) < 4.78 is 10.7. The Kier molecular flexibility index (Phi) is 5.78. The van der Waals surface area contributed by atoms with Gasteiger partial charge in [0.1, 0.15) is 0 Å². The van der Waals surface area contributed by atoms with Crippen LogP contribution in [0.4, 0.5) is 0 Å². The van der Waals surface area contributed by atoms with E-state index in [0.29, 0.717) is 23.7 Å². The number of amides is 1. The molecular weight excluding hydrogens is 354 g/mol. The molecule has 1 aliphatic rings. The molecule has 1 heterocycles. The lowest BCUT2D eigenvalue weighted by molar-refractivity contribution is -0.139. The van der Waals surface area contributed by atoms with E-state index >= 15 is 0 Å². The van der Waals surface area contributed by atoms with E-state index in [4.69, 9.17) is 14.6 Å². The Hall–Kier alpha value is -2.54. The maximum atomic E-state index is 12.7. The Balaban J connectivity index is 1.75. The number of carboxylic acids is 1. The van der Waals surface area contributed by atoms with Crippen LogP contribution >= 0.6 is 11.3 Å². The third-order valence-corrected chi connectivity index (χ3v) is 5.21. The highest BCUT2D eigenvalue weighted by Crippen LogP contribution is 2.34. The van der Waals surface area contributed by atoms with Crippen molar-refractivity contribution in [2.45, 2.75) is 32.2 Å². The van der Waals surface area contributed by atoms with Gasteiger partial charge in [0.05, 0.1) is 12.6 Å². The van der Waals surface area contributed by atoms with Gasteiger partial charge in [-0.1, -0.05) is 0 Å². The number of carboxylic acid groups (broad SMARTS) is 1. The summed E-state index contributed by atoms with van der Waals surface area (Å²) in [5.74, 6) is -0.581. The number of aliphatic carboxylic acids is 1. The third-order valence-electron chi connectivity index (χ3n) is 4.21. The molecule has 138 valence electrons. The number of hydrogen-bond acceptors (Lipinski definition) is 5. The summed E-state index contributed by atoms with van der Waals surface area (Å²) in [4.78, 5) is 24.7. The maximum Gasteiger partial charge on any atom is 0.341 e. The van der Waals surface area contributed by atoms with E-state index in [9.17, 15) is 9.59 Å². The number of carbonyl (C=O) groups is 2. The Labute approximate surface area is 155 Å². The highest BCUT2D eigenvalue weighted by molar-refractivity contribution is 7.10. The molecule has 0 bridgehead atoms. The second kappa shape index (κ2) is 8.23. The van der Waals surface area contributed by atoms with E-state index in [0.717, 1.165) is 19.3 Å². The van der Waals surface area contributed by atoms with Crippen molar-refractivity contribution in [2.75, 3.05) is 13.2 Å². The van der Waals surface area contributed by atoms with Gasteiger partial charge in [0.2, 0.25) is 0 Å². The Morgan fingerprint density at radius 1 is 1.27 bits per heavy atom. The Morgan fingerprint density at radius 2 is 2.12 bits per heavy atom. The molecular formula is C19H21NO5S. The molecule has 1 aromatic heterocycles. The first kappa shape index (κ1) is 18.3. The molecule has 2 aromatic rings. The van der Waals surface area contributed by atoms with Crippen LogP contribution in [0.5, 0.6) is 11.5 Å². The summed E-state index contributed by atoms with van der Waals surface area (Å²) in [5, 5.41) is 13.9. The molecule has 1 atom stereocenters. The Bertz CT molecular complexity index is 801. The third kappa shape index (κ3) is 4.16. The van der Waals surface area contributed by atoms with Crippen molar-refractivity contribution in [3.63, 3.8) is 0 Å². The van der Waals surface area contributed by atoms with Gasteiger partial charge in [-0.25, -0.2) is 4.79 Å². The van der Waals surface area contributed by atoms with Gasteiger partial charge in [0.25, 0.3) is 5.91 Å². The zero-order valence-electron chi connectivity index (χ0n) is 14.5. The van der Waals surface area contributed by atoms with E-state index in [1.165, 1.54) is 10.4 Å². The van der Waals surface area contributed by atoms with Gasteiger partial charge >= 0.3 is 5.97 Å². The second-order valence-electron chi connectivity index (χ2n) is 5.99. The molecule has 0 radical (unpaired) electrons. The fourth-order valence-electron chi connectivity index (χ4n) is 3.05. The number of aryl methyl sites for hydroxylation is 1. The molecule has 3 rings (SSSR count). The van der Waals surface area contributed by atoms with Crippen LogP contribution in [0.3, 0.4) is 0 Å². The minimum absolute atomic E-state index is 0.0241. The fourth-order valence-corrected chi connectivity index (χ4v) is 4.04. The molecule has 2 N–H and O–H groups in total. The summed E-state index contributed by atoms with van der Waals surface area (Å²) >= 11 is 1.74. The number of hydrogen-bond donors (Lipinski definition) is 2. The van der Waals surface area contributed by atoms with Crippen molar-refractivity contribution in [3.8, 4) is 11.5 Å². The van der Waals surface area contributed by atoms with E-state index in [1.54, 1.807) is 29.5 Å². The number of rotatable bonds is 7. The van der Waals surface area contributed by atoms with Crippen LogP contribution in [0.1, 0.15) is 46.6 Å². The van der Waals surface area contributed by atoms with Gasteiger partial charge in [-0.05, 0) is 61.4 Å². The standard InChI is InChI=1S/C19H21NO5S/c1-2-24-16-10-12(6-7-15(16)25-11-18(21)22)19(23)20-14-4-3-5-17-13(14)8-9-26-17/h6-10,14H,2-5,11H2,1H3,(H,20,23)(H,21,22). The van der Waals surface area contributed by atoms with Crippen LogP contribution in [0.25, 0.3) is 0 Å². The summed E-state index contributed by atoms with van der Waals surface area (Å²) in [6.45, 7) is 1.73. The van der Waals surface area contributed by atoms with Crippen molar-refractivity contribution in [3.05, 3.63) is 45.6 Å². The molecule has 1 aromatic carbocycles. The van der Waals surface area contributed by atoms with E-state index in [-0.39, 0.29) is 11.9 Å². The first-order valence-electron chi connectivity index (χ1n) is 8.57. The average Bonchev–Trinajstić information content (AvgIpc) is 3.10. The molecule has 0 spiro atoms. The molecule has 1 amide bonds. The lowest BCUT2D eigenvalue weighted by Gasteiger charge is -2.24. The quantitative estimate of drug-likeness (QED) is 0.775. The first-order valence-corrected chi connectivity index (χ1v) is 9.45. The van der Waals surface area contributed by atoms with Crippen LogP contribution in [-0.4, -0.2) is 30.2 Å². The number of thiophene rings is 1. The zero-order chi connectivity index (χ0) is 18.5. The van der Waals surface area contributed by atoms with E-state index in [1.807, 2.05) is 6.92 Å². The molecule has 0 saturated heterocycles. The monoisotopic (exact) mass is 375 g/mol. The summed E-state index contributed by atoms with van der Waals surface area (Å²) in [5.41, 5.74) is 1.67. The number of fused-ring (bicyclic) bond motifs is 1. The van der Waals surface area contributed by atoms with Crippen molar-refractivity contribution in [2.24, 2.45) is 0 Å². The summed E-state index contributed by atoms with van der Waals surface area (Å²) in [6.07, 6.45) is 3.06. The topological polar surface area (TPSA) is 84.9 Å². The van der Waals surface area contributed by atoms with Crippen LogP contribution in [0.15, 0.2) is 29.6 Å². The van der Waals surface area contributed by atoms with Crippen LogP contribution in [0, 0.1) is 0 Å². The minimum atomic E-state index is -1.07. The van der Waals surface area contributed by atoms with Crippen LogP contribution < -0.4 is 14.8 Å². The van der Waals surface area contributed by atoms with Crippen LogP contribution in [-0.2, 0) is 11.2 Å². The summed E-state index contributed by atoms with van der Waals surface area (Å²) in [6, 6.07) is 6.88. The van der Waals surface area contributed by atoms with Crippen molar-refractivity contribution in [1.29, 1.82) is 0 Å². The minimum Gasteiger partial charge on any atom is -0.490 e. The maximum absolute atomic E-state index is 12.7. The number of carbonyl (C=O) groups excluding carboxylic acids is 1. The van der Waals surface area contributed by atoms with Crippen molar-refractivity contribution < 1.29 is 24.2 Å². The first-order chi connectivity index (χ1) is 12.6.